The lowest BCUT2D eigenvalue weighted by Gasteiger charge is -2.22. The second-order valence-corrected chi connectivity index (χ2v) is 8.12. The lowest BCUT2D eigenvalue weighted by molar-refractivity contribution is 0.0504. The summed E-state index contributed by atoms with van der Waals surface area (Å²) < 4.78 is 10.9. The van der Waals surface area contributed by atoms with Crippen molar-refractivity contribution in [1.29, 1.82) is 0 Å². The van der Waals surface area contributed by atoms with E-state index in [1.807, 2.05) is 12.1 Å². The van der Waals surface area contributed by atoms with E-state index in [9.17, 15) is 0 Å². The Morgan fingerprint density at radius 2 is 1.88 bits per heavy atom. The van der Waals surface area contributed by atoms with Gasteiger partial charge in [0.15, 0.2) is 6.79 Å². The normalized spacial score (nSPS) is 12.9. The van der Waals surface area contributed by atoms with Crippen molar-refractivity contribution in [3.63, 3.8) is 0 Å². The predicted molar refractivity (Wildman–Crippen MR) is 108 cm³/mol. The molecule has 25 heavy (non-hydrogen) atoms. The van der Waals surface area contributed by atoms with Crippen LogP contribution in [0.2, 0.25) is 0 Å². The Kier molecular flexibility index (Phi) is 7.90. The molecule has 2 atom stereocenters. The van der Waals surface area contributed by atoms with Crippen LogP contribution in [0.15, 0.2) is 42.5 Å². The minimum Gasteiger partial charge on any atom is -0.467 e. The fourth-order valence-electron chi connectivity index (χ4n) is 2.94. The second kappa shape index (κ2) is 9.91. The average molecular weight is 359 g/mol. The largest absolute Gasteiger partial charge is 0.467 e. The molecule has 0 N–H and O–H groups in total. The van der Waals surface area contributed by atoms with Crippen LogP contribution in [-0.2, 0) is 11.3 Å². The Labute approximate surface area is 154 Å². The molecule has 0 bridgehead atoms. The first-order valence-electron chi connectivity index (χ1n) is 8.76. The van der Waals surface area contributed by atoms with Crippen LogP contribution >= 0.6 is 8.58 Å². The van der Waals surface area contributed by atoms with Crippen LogP contribution in [0, 0.1) is 6.92 Å². The minimum atomic E-state index is 0.285. The third-order valence-electron chi connectivity index (χ3n) is 4.11. The molecule has 0 aliphatic rings. The number of methoxy groups -OCH3 is 1. The highest BCUT2D eigenvalue weighted by atomic mass is 31.1. The molecule has 0 saturated heterocycles. The molecule has 0 aliphatic carbocycles. The van der Waals surface area contributed by atoms with Crippen LogP contribution in [0.4, 0.5) is 0 Å². The Balaban J connectivity index is 2.29. The molecule has 0 fully saturated rings. The van der Waals surface area contributed by atoms with Crippen LogP contribution in [0.1, 0.15) is 35.7 Å². The molecular weight excluding hydrogens is 329 g/mol. The number of aryl methyl sites for hydroxylation is 1. The minimum absolute atomic E-state index is 0.285. The van der Waals surface area contributed by atoms with E-state index < -0.39 is 0 Å². The molecule has 2 rings (SSSR count). The second-order valence-electron chi connectivity index (χ2n) is 6.59. The molecule has 0 radical (unpaired) electrons. The summed E-state index contributed by atoms with van der Waals surface area (Å²) in [5.41, 5.74) is 4.48. The number of rotatable bonds is 9. The monoisotopic (exact) mass is 359 g/mol. The first kappa shape index (κ1) is 19.9. The standard InChI is InChI=1S/C21H30NO2P/c1-6-20(18-9-7-8-10-19(18)24-15-23-5)25-21-12-11-16(2)13-17(21)14-22(3)4/h7-13,20,25H,6,14-15H2,1-5H3. The van der Waals surface area contributed by atoms with Crippen LogP contribution in [0.25, 0.3) is 0 Å². The molecule has 2 aromatic rings. The van der Waals surface area contributed by atoms with Gasteiger partial charge in [0, 0.05) is 24.9 Å². The van der Waals surface area contributed by atoms with Gasteiger partial charge in [0.2, 0.25) is 0 Å². The number of nitrogens with zero attached hydrogens (tertiary/aromatic N) is 1. The maximum absolute atomic E-state index is 5.79. The van der Waals surface area contributed by atoms with E-state index in [0.717, 1.165) is 27.3 Å². The van der Waals surface area contributed by atoms with E-state index >= 15 is 0 Å². The van der Waals surface area contributed by atoms with E-state index in [2.05, 4.69) is 63.2 Å². The van der Waals surface area contributed by atoms with Crippen LogP contribution in [0.3, 0.4) is 0 Å². The van der Waals surface area contributed by atoms with Gasteiger partial charge in [-0.25, -0.2) is 0 Å². The molecule has 0 aliphatic heterocycles. The van der Waals surface area contributed by atoms with Gasteiger partial charge < -0.3 is 14.4 Å². The van der Waals surface area contributed by atoms with Gasteiger partial charge in [0.05, 0.1) is 0 Å². The molecule has 0 spiro atoms. The van der Waals surface area contributed by atoms with E-state index in [4.69, 9.17) is 9.47 Å². The van der Waals surface area contributed by atoms with Crippen molar-refractivity contribution < 1.29 is 9.47 Å². The molecule has 0 saturated carbocycles. The third kappa shape index (κ3) is 5.81. The highest BCUT2D eigenvalue weighted by Crippen LogP contribution is 2.41. The highest BCUT2D eigenvalue weighted by Gasteiger charge is 2.17. The molecule has 0 aromatic heterocycles. The Bertz CT molecular complexity index is 673. The van der Waals surface area contributed by atoms with Gasteiger partial charge in [0.25, 0.3) is 0 Å². The van der Waals surface area contributed by atoms with Crippen molar-refractivity contribution in [3.8, 4) is 5.75 Å². The lowest BCUT2D eigenvalue weighted by atomic mass is 10.1. The van der Waals surface area contributed by atoms with Crippen molar-refractivity contribution >= 4 is 13.9 Å². The van der Waals surface area contributed by atoms with E-state index in [1.165, 1.54) is 22.0 Å². The van der Waals surface area contributed by atoms with Crippen molar-refractivity contribution in [2.24, 2.45) is 0 Å². The van der Waals surface area contributed by atoms with Crippen molar-refractivity contribution in [2.45, 2.75) is 32.5 Å². The van der Waals surface area contributed by atoms with E-state index in [0.29, 0.717) is 5.66 Å². The van der Waals surface area contributed by atoms with Gasteiger partial charge in [-0.2, -0.15) is 0 Å². The third-order valence-corrected chi connectivity index (χ3v) is 5.98. The molecule has 0 heterocycles. The summed E-state index contributed by atoms with van der Waals surface area (Å²) >= 11 is 0. The SMILES string of the molecule is CCC(Pc1ccc(C)cc1CN(C)C)c1ccccc1OCOC. The van der Waals surface area contributed by atoms with Crippen molar-refractivity contribution in [1.82, 2.24) is 4.90 Å². The summed E-state index contributed by atoms with van der Waals surface area (Å²) in [5, 5.41) is 1.45. The van der Waals surface area contributed by atoms with E-state index in [-0.39, 0.29) is 6.79 Å². The average Bonchev–Trinajstić information content (AvgIpc) is 2.59. The first-order valence-corrected chi connectivity index (χ1v) is 9.84. The zero-order chi connectivity index (χ0) is 18.2. The number of ether oxygens (including phenoxy) is 2. The summed E-state index contributed by atoms with van der Waals surface area (Å²) in [7, 11) is 6.63. The molecule has 4 heteroatoms. The Morgan fingerprint density at radius 3 is 2.56 bits per heavy atom. The molecule has 3 nitrogen and oxygen atoms in total. The van der Waals surface area contributed by atoms with Gasteiger partial charge in [-0.15, -0.1) is 0 Å². The highest BCUT2D eigenvalue weighted by molar-refractivity contribution is 7.47. The van der Waals surface area contributed by atoms with Crippen molar-refractivity contribution in [3.05, 3.63) is 59.2 Å². The lowest BCUT2D eigenvalue weighted by Crippen LogP contribution is -2.17. The number of para-hydroxylation sites is 1. The zero-order valence-corrected chi connectivity index (χ0v) is 17.0. The summed E-state index contributed by atoms with van der Waals surface area (Å²) in [5.74, 6) is 0.935. The first-order chi connectivity index (χ1) is 12.0. The van der Waals surface area contributed by atoms with Gasteiger partial charge >= 0.3 is 0 Å². The molecular formula is C21H30NO2P. The van der Waals surface area contributed by atoms with Gasteiger partial charge in [0.1, 0.15) is 5.75 Å². The van der Waals surface area contributed by atoms with Gasteiger partial charge in [-0.3, -0.25) is 0 Å². The Hall–Kier alpha value is -1.41. The maximum atomic E-state index is 5.79. The van der Waals surface area contributed by atoms with Crippen LogP contribution in [0.5, 0.6) is 5.75 Å². The molecule has 2 unspecified atom stereocenters. The maximum Gasteiger partial charge on any atom is 0.188 e. The smallest absolute Gasteiger partial charge is 0.188 e. The van der Waals surface area contributed by atoms with Crippen molar-refractivity contribution in [2.75, 3.05) is 28.0 Å². The van der Waals surface area contributed by atoms with E-state index in [1.54, 1.807) is 7.11 Å². The number of hydrogen-bond acceptors (Lipinski definition) is 3. The fourth-order valence-corrected chi connectivity index (χ4v) is 4.43. The fraction of sp³-hybridized carbons (Fsp3) is 0.429. The summed E-state index contributed by atoms with van der Waals surface area (Å²) in [6.45, 7) is 5.68. The number of benzene rings is 2. The van der Waals surface area contributed by atoms with Crippen LogP contribution in [-0.4, -0.2) is 32.9 Å². The summed E-state index contributed by atoms with van der Waals surface area (Å²) in [6.07, 6.45) is 1.08. The molecule has 0 amide bonds. The summed E-state index contributed by atoms with van der Waals surface area (Å²) in [6, 6.07) is 15.2. The topological polar surface area (TPSA) is 21.7 Å². The summed E-state index contributed by atoms with van der Waals surface area (Å²) in [4.78, 5) is 2.24. The van der Waals surface area contributed by atoms with Crippen LogP contribution < -0.4 is 10.0 Å². The Morgan fingerprint density at radius 1 is 1.12 bits per heavy atom. The predicted octanol–water partition coefficient (Wildman–Crippen LogP) is 4.49. The molecule has 2 aromatic carbocycles. The van der Waals surface area contributed by atoms with Gasteiger partial charge in [-0.1, -0.05) is 57.5 Å². The molecule has 136 valence electrons. The van der Waals surface area contributed by atoms with Gasteiger partial charge in [-0.05, 0) is 44.4 Å². The zero-order valence-electron chi connectivity index (χ0n) is 16.0. The number of hydrogen-bond donors (Lipinski definition) is 0. The quantitative estimate of drug-likeness (QED) is 0.486.